The summed E-state index contributed by atoms with van der Waals surface area (Å²) in [5, 5.41) is 6.78. The Morgan fingerprint density at radius 3 is 2.65 bits per heavy atom. The Kier molecular flexibility index (Phi) is 5.76. The standard InChI is InChI=1S/C18H15Cl2N3O2S/c1-2-15(24)23-18(26)21-12-5-3-10(4-6-12)7-16-22-14-9-11(19)8-13(20)17(14)25-16/h3-6,8-9H,2,7H2,1H3,(H2,21,23,24,26). The fraction of sp³-hybridized carbons (Fsp3) is 0.167. The molecule has 1 heterocycles. The Morgan fingerprint density at radius 2 is 1.96 bits per heavy atom. The Balaban J connectivity index is 1.68. The van der Waals surface area contributed by atoms with Crippen molar-refractivity contribution >= 4 is 63.2 Å². The number of thiocarbonyl (C=S) groups is 1. The number of rotatable bonds is 4. The lowest BCUT2D eigenvalue weighted by molar-refractivity contribution is -0.119. The molecule has 0 atom stereocenters. The Labute approximate surface area is 165 Å². The van der Waals surface area contributed by atoms with E-state index in [1.54, 1.807) is 19.1 Å². The monoisotopic (exact) mass is 407 g/mol. The number of carbonyl (C=O) groups excluding carboxylic acids is 1. The molecule has 26 heavy (non-hydrogen) atoms. The first-order valence-corrected chi connectivity index (χ1v) is 9.05. The van der Waals surface area contributed by atoms with Gasteiger partial charge in [-0.2, -0.15) is 0 Å². The highest BCUT2D eigenvalue weighted by Crippen LogP contribution is 2.29. The predicted molar refractivity (Wildman–Crippen MR) is 108 cm³/mol. The van der Waals surface area contributed by atoms with Crippen LogP contribution in [0.2, 0.25) is 10.0 Å². The second kappa shape index (κ2) is 8.03. The van der Waals surface area contributed by atoms with Gasteiger partial charge in [0, 0.05) is 23.6 Å². The molecule has 2 aromatic carbocycles. The van der Waals surface area contributed by atoms with Crippen molar-refractivity contribution in [1.82, 2.24) is 10.3 Å². The minimum Gasteiger partial charge on any atom is -0.439 e. The maximum atomic E-state index is 11.3. The third kappa shape index (κ3) is 4.52. The van der Waals surface area contributed by atoms with E-state index >= 15 is 0 Å². The number of amides is 1. The van der Waals surface area contributed by atoms with Crippen LogP contribution in [0.5, 0.6) is 0 Å². The van der Waals surface area contributed by atoms with E-state index in [0.717, 1.165) is 11.3 Å². The van der Waals surface area contributed by atoms with Crippen molar-refractivity contribution in [3.8, 4) is 0 Å². The van der Waals surface area contributed by atoms with E-state index in [-0.39, 0.29) is 11.0 Å². The summed E-state index contributed by atoms with van der Waals surface area (Å²) in [6.07, 6.45) is 0.889. The van der Waals surface area contributed by atoms with E-state index in [2.05, 4.69) is 15.6 Å². The topological polar surface area (TPSA) is 67.2 Å². The summed E-state index contributed by atoms with van der Waals surface area (Å²) in [4.78, 5) is 15.7. The lowest BCUT2D eigenvalue weighted by Crippen LogP contribution is -2.33. The van der Waals surface area contributed by atoms with Crippen molar-refractivity contribution in [3.63, 3.8) is 0 Å². The molecule has 0 aliphatic rings. The third-order valence-electron chi connectivity index (χ3n) is 3.60. The van der Waals surface area contributed by atoms with Crippen molar-refractivity contribution in [1.29, 1.82) is 0 Å². The van der Waals surface area contributed by atoms with E-state index in [4.69, 9.17) is 39.8 Å². The van der Waals surface area contributed by atoms with Gasteiger partial charge in [-0.05, 0) is 42.0 Å². The normalized spacial score (nSPS) is 10.7. The van der Waals surface area contributed by atoms with Crippen LogP contribution < -0.4 is 10.6 Å². The van der Waals surface area contributed by atoms with E-state index in [9.17, 15) is 4.79 Å². The van der Waals surface area contributed by atoms with Gasteiger partial charge in [-0.15, -0.1) is 0 Å². The first-order chi connectivity index (χ1) is 12.4. The van der Waals surface area contributed by atoms with Gasteiger partial charge in [0.1, 0.15) is 5.52 Å². The SMILES string of the molecule is CCC(=O)NC(=S)Nc1ccc(Cc2nc3cc(Cl)cc(Cl)c3o2)cc1. The molecule has 1 amide bonds. The summed E-state index contributed by atoms with van der Waals surface area (Å²) >= 11 is 17.2. The highest BCUT2D eigenvalue weighted by Gasteiger charge is 2.11. The zero-order valence-electron chi connectivity index (χ0n) is 13.8. The second-order valence-electron chi connectivity index (χ2n) is 5.57. The van der Waals surface area contributed by atoms with E-state index in [0.29, 0.717) is 39.9 Å². The predicted octanol–water partition coefficient (Wildman–Crippen LogP) is 4.95. The Morgan fingerprint density at radius 1 is 1.23 bits per heavy atom. The van der Waals surface area contributed by atoms with Gasteiger partial charge in [-0.1, -0.05) is 42.3 Å². The van der Waals surface area contributed by atoms with Crippen LogP contribution >= 0.6 is 35.4 Å². The van der Waals surface area contributed by atoms with Gasteiger partial charge in [0.2, 0.25) is 5.91 Å². The van der Waals surface area contributed by atoms with Crippen LogP contribution in [-0.2, 0) is 11.2 Å². The number of halogens is 2. The summed E-state index contributed by atoms with van der Waals surface area (Å²) in [7, 11) is 0. The fourth-order valence-corrected chi connectivity index (χ4v) is 3.09. The van der Waals surface area contributed by atoms with Crippen molar-refractivity contribution in [3.05, 3.63) is 57.9 Å². The van der Waals surface area contributed by atoms with Crippen molar-refractivity contribution in [2.45, 2.75) is 19.8 Å². The van der Waals surface area contributed by atoms with Crippen molar-refractivity contribution in [2.24, 2.45) is 0 Å². The first-order valence-electron chi connectivity index (χ1n) is 7.89. The van der Waals surface area contributed by atoms with Gasteiger partial charge in [-0.25, -0.2) is 4.98 Å². The molecule has 3 rings (SSSR count). The van der Waals surface area contributed by atoms with Crippen LogP contribution in [0.3, 0.4) is 0 Å². The van der Waals surface area contributed by atoms with Gasteiger partial charge in [0.25, 0.3) is 0 Å². The van der Waals surface area contributed by atoms with Crippen LogP contribution in [-0.4, -0.2) is 16.0 Å². The Hall–Kier alpha value is -2.15. The molecule has 0 spiro atoms. The molecule has 0 saturated heterocycles. The first kappa shape index (κ1) is 18.6. The highest BCUT2D eigenvalue weighted by atomic mass is 35.5. The molecule has 0 aliphatic heterocycles. The summed E-state index contributed by atoms with van der Waals surface area (Å²) in [6, 6.07) is 10.9. The number of aromatic nitrogens is 1. The molecule has 8 heteroatoms. The Bertz CT molecular complexity index is 970. The average Bonchev–Trinajstić information content (AvgIpc) is 2.99. The second-order valence-corrected chi connectivity index (χ2v) is 6.82. The molecule has 134 valence electrons. The molecule has 0 bridgehead atoms. The number of anilines is 1. The summed E-state index contributed by atoms with van der Waals surface area (Å²) < 4.78 is 5.72. The largest absolute Gasteiger partial charge is 0.439 e. The van der Waals surface area contributed by atoms with Crippen molar-refractivity contribution in [2.75, 3.05) is 5.32 Å². The van der Waals surface area contributed by atoms with Crippen molar-refractivity contribution < 1.29 is 9.21 Å². The van der Waals surface area contributed by atoms with Gasteiger partial charge < -0.3 is 15.1 Å². The fourth-order valence-electron chi connectivity index (χ4n) is 2.34. The van der Waals surface area contributed by atoms with Crippen LogP contribution in [0.15, 0.2) is 40.8 Å². The van der Waals surface area contributed by atoms with E-state index in [1.807, 2.05) is 24.3 Å². The molecule has 1 aromatic heterocycles. The zero-order valence-corrected chi connectivity index (χ0v) is 16.1. The van der Waals surface area contributed by atoms with Crippen LogP contribution in [0.4, 0.5) is 5.69 Å². The quantitative estimate of drug-likeness (QED) is 0.598. The van der Waals surface area contributed by atoms with Crippen LogP contribution in [0, 0.1) is 0 Å². The molecule has 0 radical (unpaired) electrons. The molecule has 0 unspecified atom stereocenters. The number of hydrogen-bond acceptors (Lipinski definition) is 4. The summed E-state index contributed by atoms with van der Waals surface area (Å²) in [5.41, 5.74) is 2.95. The molecular formula is C18H15Cl2N3O2S. The van der Waals surface area contributed by atoms with E-state index in [1.165, 1.54) is 0 Å². The van der Waals surface area contributed by atoms with Crippen LogP contribution in [0.25, 0.3) is 11.1 Å². The minimum atomic E-state index is -0.131. The van der Waals surface area contributed by atoms with Gasteiger partial charge in [0.15, 0.2) is 16.6 Å². The average molecular weight is 408 g/mol. The summed E-state index contributed by atoms with van der Waals surface area (Å²) in [6.45, 7) is 1.76. The number of benzene rings is 2. The molecule has 3 aromatic rings. The number of fused-ring (bicyclic) bond motifs is 1. The summed E-state index contributed by atoms with van der Waals surface area (Å²) in [5.74, 6) is 0.421. The minimum absolute atomic E-state index is 0.131. The molecule has 0 fully saturated rings. The third-order valence-corrected chi connectivity index (χ3v) is 4.30. The van der Waals surface area contributed by atoms with Gasteiger partial charge >= 0.3 is 0 Å². The van der Waals surface area contributed by atoms with Gasteiger partial charge in [0.05, 0.1) is 5.02 Å². The molecule has 5 nitrogen and oxygen atoms in total. The number of oxazole rings is 1. The van der Waals surface area contributed by atoms with Crippen LogP contribution in [0.1, 0.15) is 24.8 Å². The number of nitrogens with one attached hydrogen (secondary N) is 2. The number of nitrogens with zero attached hydrogens (tertiary/aromatic N) is 1. The number of hydrogen-bond donors (Lipinski definition) is 2. The maximum Gasteiger partial charge on any atom is 0.225 e. The molecule has 0 saturated carbocycles. The molecule has 2 N–H and O–H groups in total. The molecular weight excluding hydrogens is 393 g/mol. The zero-order chi connectivity index (χ0) is 18.7. The smallest absolute Gasteiger partial charge is 0.225 e. The van der Waals surface area contributed by atoms with Gasteiger partial charge in [-0.3, -0.25) is 4.79 Å². The lowest BCUT2D eigenvalue weighted by Gasteiger charge is -2.09. The van der Waals surface area contributed by atoms with E-state index < -0.39 is 0 Å². The lowest BCUT2D eigenvalue weighted by atomic mass is 10.1. The highest BCUT2D eigenvalue weighted by molar-refractivity contribution is 7.80. The maximum absolute atomic E-state index is 11.3. The number of carbonyl (C=O) groups is 1. The molecule has 0 aliphatic carbocycles.